The Labute approximate surface area is 91.3 Å². The van der Waals surface area contributed by atoms with Crippen LogP contribution in [0.3, 0.4) is 0 Å². The van der Waals surface area contributed by atoms with Gasteiger partial charge in [0.1, 0.15) is 0 Å². The summed E-state index contributed by atoms with van der Waals surface area (Å²) in [6.07, 6.45) is 7.07. The van der Waals surface area contributed by atoms with Crippen molar-refractivity contribution in [1.29, 1.82) is 0 Å². The van der Waals surface area contributed by atoms with Gasteiger partial charge in [-0.2, -0.15) is 24.1 Å². The average molecular weight is 219 g/mol. The quantitative estimate of drug-likeness (QED) is 0.461. The zero-order valence-electron chi connectivity index (χ0n) is 8.25. The Hall–Kier alpha value is -0.416. The molecule has 1 heteroatoms. The number of allylic oxidation sites excluding steroid dienone is 2. The monoisotopic (exact) mass is 218 g/mol. The van der Waals surface area contributed by atoms with Crippen LogP contribution in [0.15, 0.2) is 29.8 Å². The molecule has 0 atom stereocenters. The van der Waals surface area contributed by atoms with E-state index < -0.39 is 0 Å². The van der Waals surface area contributed by atoms with E-state index in [2.05, 4.69) is 32.1 Å². The van der Waals surface area contributed by atoms with Crippen LogP contribution in [0.25, 0.3) is 0 Å². The average Bonchev–Trinajstić information content (AvgIpc) is 2.63. The first-order valence-electron chi connectivity index (χ1n) is 4.53. The van der Waals surface area contributed by atoms with E-state index in [1.165, 1.54) is 30.4 Å². The SMILES string of the molecule is CC1=[C-]CCC1.C[c-]1cccc1.[Ni+2]. The van der Waals surface area contributed by atoms with Crippen LogP contribution in [0.2, 0.25) is 0 Å². The molecule has 0 saturated carbocycles. The first-order valence-corrected chi connectivity index (χ1v) is 4.53. The van der Waals surface area contributed by atoms with Crippen LogP contribution in [-0.2, 0) is 16.5 Å². The first-order chi connectivity index (χ1) is 5.79. The summed E-state index contributed by atoms with van der Waals surface area (Å²) in [6, 6.07) is 8.24. The van der Waals surface area contributed by atoms with E-state index >= 15 is 0 Å². The van der Waals surface area contributed by atoms with E-state index in [0.717, 1.165) is 0 Å². The summed E-state index contributed by atoms with van der Waals surface area (Å²) < 4.78 is 0. The smallest absolute Gasteiger partial charge is 0.497 e. The van der Waals surface area contributed by atoms with Crippen molar-refractivity contribution in [2.75, 3.05) is 0 Å². The van der Waals surface area contributed by atoms with Gasteiger partial charge in [0.15, 0.2) is 0 Å². The fraction of sp³-hybridized carbons (Fsp3) is 0.417. The third-order valence-corrected chi connectivity index (χ3v) is 1.98. The van der Waals surface area contributed by atoms with Crippen LogP contribution in [0.5, 0.6) is 0 Å². The topological polar surface area (TPSA) is 0 Å². The summed E-state index contributed by atoms with van der Waals surface area (Å²) in [4.78, 5) is 0. The number of hydrogen-bond acceptors (Lipinski definition) is 0. The number of aryl methyl sites for hydroxylation is 1. The van der Waals surface area contributed by atoms with Crippen molar-refractivity contribution < 1.29 is 16.5 Å². The van der Waals surface area contributed by atoms with Crippen molar-refractivity contribution in [3.8, 4) is 0 Å². The van der Waals surface area contributed by atoms with Crippen molar-refractivity contribution in [3.05, 3.63) is 41.5 Å². The van der Waals surface area contributed by atoms with Gasteiger partial charge in [-0.15, -0.1) is 0 Å². The molecule has 0 amide bonds. The predicted octanol–water partition coefficient (Wildman–Crippen LogP) is 3.63. The summed E-state index contributed by atoms with van der Waals surface area (Å²) in [5, 5.41) is 0. The van der Waals surface area contributed by atoms with Crippen LogP contribution in [0.4, 0.5) is 0 Å². The molecule has 0 N–H and O–H groups in total. The van der Waals surface area contributed by atoms with Crippen LogP contribution in [0, 0.1) is 13.0 Å². The Kier molecular flexibility index (Phi) is 6.81. The van der Waals surface area contributed by atoms with E-state index in [9.17, 15) is 0 Å². The zero-order valence-corrected chi connectivity index (χ0v) is 9.23. The van der Waals surface area contributed by atoms with Gasteiger partial charge in [-0.1, -0.05) is 26.7 Å². The Bertz CT molecular complexity index is 232. The van der Waals surface area contributed by atoms with E-state index in [4.69, 9.17) is 0 Å². The molecule has 1 aromatic rings. The molecule has 0 bridgehead atoms. The van der Waals surface area contributed by atoms with Gasteiger partial charge in [0, 0.05) is 0 Å². The van der Waals surface area contributed by atoms with Crippen LogP contribution in [0.1, 0.15) is 31.7 Å². The summed E-state index contributed by atoms with van der Waals surface area (Å²) in [7, 11) is 0. The van der Waals surface area contributed by atoms with Gasteiger partial charge in [-0.3, -0.25) is 5.57 Å². The van der Waals surface area contributed by atoms with Gasteiger partial charge in [0.25, 0.3) is 0 Å². The predicted molar refractivity (Wildman–Crippen MR) is 53.1 cm³/mol. The molecule has 0 saturated heterocycles. The second-order valence-electron chi connectivity index (χ2n) is 3.27. The van der Waals surface area contributed by atoms with E-state index in [1.54, 1.807) is 0 Å². The van der Waals surface area contributed by atoms with Crippen molar-refractivity contribution in [3.63, 3.8) is 0 Å². The molecular weight excluding hydrogens is 203 g/mol. The minimum absolute atomic E-state index is 0. The van der Waals surface area contributed by atoms with Crippen LogP contribution < -0.4 is 0 Å². The fourth-order valence-electron chi connectivity index (χ4n) is 1.21. The maximum Gasteiger partial charge on any atom is 2.00 e. The second kappa shape index (κ2) is 7.03. The standard InChI is InChI=1S/C6H9.C6H7.Ni/c2*1-6-4-2-3-5-6;/h2-4H2,1H3;2-5H,1H3;/q2*-1;+2. The summed E-state index contributed by atoms with van der Waals surface area (Å²) in [6.45, 7) is 4.23. The minimum atomic E-state index is 0. The Morgan fingerprint density at radius 1 is 1.31 bits per heavy atom. The molecule has 74 valence electrons. The van der Waals surface area contributed by atoms with Gasteiger partial charge >= 0.3 is 16.5 Å². The molecule has 13 heavy (non-hydrogen) atoms. The third kappa shape index (κ3) is 5.77. The largest absolute Gasteiger partial charge is 2.00 e. The molecular formula is C12H16Ni. The Morgan fingerprint density at radius 3 is 2.08 bits per heavy atom. The molecule has 1 aliphatic rings. The molecule has 0 aromatic heterocycles. The molecule has 0 spiro atoms. The summed E-state index contributed by atoms with van der Waals surface area (Å²) >= 11 is 0. The van der Waals surface area contributed by atoms with Crippen molar-refractivity contribution in [1.82, 2.24) is 0 Å². The number of rotatable bonds is 0. The van der Waals surface area contributed by atoms with Crippen molar-refractivity contribution in [2.24, 2.45) is 0 Å². The van der Waals surface area contributed by atoms with E-state index in [1.807, 2.05) is 12.1 Å². The minimum Gasteiger partial charge on any atom is -0.497 e. The van der Waals surface area contributed by atoms with Gasteiger partial charge in [-0.25, -0.2) is 12.1 Å². The normalized spacial score (nSPS) is 13.8. The molecule has 0 aliphatic heterocycles. The van der Waals surface area contributed by atoms with Crippen molar-refractivity contribution in [2.45, 2.75) is 33.1 Å². The summed E-state index contributed by atoms with van der Waals surface area (Å²) in [5.41, 5.74) is 2.80. The first kappa shape index (κ1) is 12.6. The third-order valence-electron chi connectivity index (χ3n) is 1.98. The van der Waals surface area contributed by atoms with E-state index in [-0.39, 0.29) is 16.5 Å². The van der Waals surface area contributed by atoms with Gasteiger partial charge in [-0.05, 0) is 0 Å². The zero-order chi connectivity index (χ0) is 8.81. The Morgan fingerprint density at radius 2 is 1.92 bits per heavy atom. The molecule has 0 heterocycles. The molecule has 0 unspecified atom stereocenters. The maximum atomic E-state index is 3.24. The molecule has 0 radical (unpaired) electrons. The van der Waals surface area contributed by atoms with E-state index in [0.29, 0.717) is 0 Å². The fourth-order valence-corrected chi connectivity index (χ4v) is 1.21. The van der Waals surface area contributed by atoms with Crippen LogP contribution in [-0.4, -0.2) is 0 Å². The van der Waals surface area contributed by atoms with Crippen molar-refractivity contribution >= 4 is 0 Å². The van der Waals surface area contributed by atoms with Gasteiger partial charge < -0.3 is 6.08 Å². The molecule has 0 nitrogen and oxygen atoms in total. The second-order valence-corrected chi connectivity index (χ2v) is 3.27. The molecule has 2 rings (SSSR count). The summed E-state index contributed by atoms with van der Waals surface area (Å²) in [5.74, 6) is 0. The van der Waals surface area contributed by atoms with Gasteiger partial charge in [0.2, 0.25) is 0 Å². The molecule has 1 aromatic carbocycles. The molecule has 1 aliphatic carbocycles. The molecule has 0 fully saturated rings. The maximum absolute atomic E-state index is 3.24. The van der Waals surface area contributed by atoms with Crippen LogP contribution >= 0.6 is 0 Å². The van der Waals surface area contributed by atoms with Gasteiger partial charge in [0.05, 0.1) is 0 Å². The Balaban J connectivity index is 0.000000206. The number of hydrogen-bond donors (Lipinski definition) is 0.